The SMILES string of the molecule is CC(C)CN[C@H]1CCC[C@H](C=N)C1. The molecular weight excluding hydrogens is 160 g/mol. The van der Waals surface area contributed by atoms with Gasteiger partial charge in [0.05, 0.1) is 0 Å². The van der Waals surface area contributed by atoms with Crippen LogP contribution in [0.25, 0.3) is 0 Å². The Kier molecular flexibility index (Phi) is 4.43. The van der Waals surface area contributed by atoms with Crippen LogP contribution in [0.3, 0.4) is 0 Å². The molecule has 0 radical (unpaired) electrons. The van der Waals surface area contributed by atoms with E-state index in [0.717, 1.165) is 12.5 Å². The van der Waals surface area contributed by atoms with Crippen LogP contribution in [0.15, 0.2) is 0 Å². The van der Waals surface area contributed by atoms with Crippen molar-refractivity contribution in [3.05, 3.63) is 0 Å². The highest BCUT2D eigenvalue weighted by Crippen LogP contribution is 2.22. The van der Waals surface area contributed by atoms with E-state index in [1.165, 1.54) is 25.7 Å². The van der Waals surface area contributed by atoms with Crippen LogP contribution in [-0.2, 0) is 0 Å². The molecule has 0 aromatic heterocycles. The average molecular weight is 182 g/mol. The first-order valence-corrected chi connectivity index (χ1v) is 5.46. The van der Waals surface area contributed by atoms with E-state index in [9.17, 15) is 0 Å². The summed E-state index contributed by atoms with van der Waals surface area (Å²) in [7, 11) is 0. The molecule has 0 bridgehead atoms. The van der Waals surface area contributed by atoms with Crippen molar-refractivity contribution in [1.29, 1.82) is 5.41 Å². The lowest BCUT2D eigenvalue weighted by Crippen LogP contribution is -2.36. The largest absolute Gasteiger partial charge is 0.314 e. The fraction of sp³-hybridized carbons (Fsp3) is 0.909. The van der Waals surface area contributed by atoms with Crippen molar-refractivity contribution in [2.45, 2.75) is 45.6 Å². The summed E-state index contributed by atoms with van der Waals surface area (Å²) in [6.07, 6.45) is 6.62. The zero-order chi connectivity index (χ0) is 9.68. The summed E-state index contributed by atoms with van der Waals surface area (Å²) >= 11 is 0. The Bertz CT molecular complexity index is 154. The van der Waals surface area contributed by atoms with Crippen molar-refractivity contribution in [2.24, 2.45) is 11.8 Å². The Morgan fingerprint density at radius 3 is 2.85 bits per heavy atom. The molecule has 0 amide bonds. The molecule has 0 spiro atoms. The third-order valence-electron chi connectivity index (χ3n) is 2.77. The zero-order valence-corrected chi connectivity index (χ0v) is 8.84. The van der Waals surface area contributed by atoms with Gasteiger partial charge in [0.1, 0.15) is 0 Å². The van der Waals surface area contributed by atoms with Crippen molar-refractivity contribution in [3.8, 4) is 0 Å². The summed E-state index contributed by atoms with van der Waals surface area (Å²) < 4.78 is 0. The molecule has 1 saturated carbocycles. The average Bonchev–Trinajstić information content (AvgIpc) is 2.15. The smallest absolute Gasteiger partial charge is 0.00733 e. The normalized spacial score (nSPS) is 29.2. The van der Waals surface area contributed by atoms with Crippen LogP contribution in [0.4, 0.5) is 0 Å². The van der Waals surface area contributed by atoms with Crippen LogP contribution < -0.4 is 5.32 Å². The van der Waals surface area contributed by atoms with Gasteiger partial charge < -0.3 is 10.7 Å². The predicted molar refractivity (Wildman–Crippen MR) is 57.4 cm³/mol. The summed E-state index contributed by atoms with van der Waals surface area (Å²) in [5.74, 6) is 1.28. The molecule has 2 heteroatoms. The van der Waals surface area contributed by atoms with Gasteiger partial charge in [-0.25, -0.2) is 0 Å². The maximum atomic E-state index is 7.25. The van der Waals surface area contributed by atoms with E-state index >= 15 is 0 Å². The summed E-state index contributed by atoms with van der Waals surface area (Å²) in [4.78, 5) is 0. The highest BCUT2D eigenvalue weighted by Gasteiger charge is 2.19. The van der Waals surface area contributed by atoms with Crippen LogP contribution in [0.2, 0.25) is 0 Å². The second-order valence-electron chi connectivity index (χ2n) is 4.59. The summed E-state index contributed by atoms with van der Waals surface area (Å²) in [6.45, 7) is 5.60. The van der Waals surface area contributed by atoms with Gasteiger partial charge in [-0.15, -0.1) is 0 Å². The quantitative estimate of drug-likeness (QED) is 0.644. The molecule has 0 aromatic rings. The minimum absolute atomic E-state index is 0.540. The topological polar surface area (TPSA) is 35.9 Å². The van der Waals surface area contributed by atoms with Gasteiger partial charge in [-0.3, -0.25) is 0 Å². The van der Waals surface area contributed by atoms with Crippen LogP contribution in [0, 0.1) is 17.2 Å². The molecule has 2 atom stereocenters. The fourth-order valence-corrected chi connectivity index (χ4v) is 1.97. The number of nitrogens with one attached hydrogen (secondary N) is 2. The molecule has 1 rings (SSSR count). The van der Waals surface area contributed by atoms with Gasteiger partial charge in [0.2, 0.25) is 0 Å². The predicted octanol–water partition coefficient (Wildman–Crippen LogP) is 2.44. The van der Waals surface area contributed by atoms with E-state index in [-0.39, 0.29) is 0 Å². The maximum Gasteiger partial charge on any atom is 0.00733 e. The number of hydrogen-bond donors (Lipinski definition) is 2. The van der Waals surface area contributed by atoms with Crippen molar-refractivity contribution in [2.75, 3.05) is 6.54 Å². The molecule has 0 unspecified atom stereocenters. The molecule has 0 aromatic carbocycles. The van der Waals surface area contributed by atoms with Gasteiger partial charge >= 0.3 is 0 Å². The molecule has 1 fully saturated rings. The van der Waals surface area contributed by atoms with Gasteiger partial charge in [0, 0.05) is 6.04 Å². The summed E-state index contributed by atoms with van der Waals surface area (Å²) in [5, 5.41) is 10.8. The van der Waals surface area contributed by atoms with E-state index in [4.69, 9.17) is 5.41 Å². The van der Waals surface area contributed by atoms with Gasteiger partial charge in [-0.2, -0.15) is 0 Å². The first-order valence-electron chi connectivity index (χ1n) is 5.46. The Morgan fingerprint density at radius 1 is 1.46 bits per heavy atom. The summed E-state index contributed by atoms with van der Waals surface area (Å²) in [5.41, 5.74) is 0. The minimum Gasteiger partial charge on any atom is -0.314 e. The second kappa shape index (κ2) is 5.38. The van der Waals surface area contributed by atoms with Crippen molar-refractivity contribution in [1.82, 2.24) is 5.32 Å². The first-order chi connectivity index (χ1) is 6.22. The zero-order valence-electron chi connectivity index (χ0n) is 8.84. The lowest BCUT2D eigenvalue weighted by Gasteiger charge is -2.28. The van der Waals surface area contributed by atoms with E-state index in [1.807, 2.05) is 0 Å². The molecule has 0 heterocycles. The van der Waals surface area contributed by atoms with Crippen LogP contribution in [0.1, 0.15) is 39.5 Å². The number of rotatable bonds is 4. The Hall–Kier alpha value is -0.370. The molecule has 76 valence electrons. The lowest BCUT2D eigenvalue weighted by molar-refractivity contribution is 0.327. The lowest BCUT2D eigenvalue weighted by atomic mass is 9.86. The van der Waals surface area contributed by atoms with E-state index < -0.39 is 0 Å². The van der Waals surface area contributed by atoms with Crippen LogP contribution in [0.5, 0.6) is 0 Å². The molecule has 1 aliphatic rings. The van der Waals surface area contributed by atoms with Crippen LogP contribution >= 0.6 is 0 Å². The van der Waals surface area contributed by atoms with Crippen molar-refractivity contribution in [3.63, 3.8) is 0 Å². The van der Waals surface area contributed by atoms with E-state index in [0.29, 0.717) is 12.0 Å². The third kappa shape index (κ3) is 3.90. The van der Waals surface area contributed by atoms with E-state index in [1.54, 1.807) is 6.21 Å². The Labute approximate surface area is 81.6 Å². The van der Waals surface area contributed by atoms with Crippen LogP contribution in [-0.4, -0.2) is 18.8 Å². The molecule has 0 aliphatic heterocycles. The molecule has 2 nitrogen and oxygen atoms in total. The molecule has 13 heavy (non-hydrogen) atoms. The minimum atomic E-state index is 0.540. The third-order valence-corrected chi connectivity index (χ3v) is 2.77. The van der Waals surface area contributed by atoms with Gasteiger partial charge in [0.25, 0.3) is 0 Å². The van der Waals surface area contributed by atoms with Gasteiger partial charge in [-0.1, -0.05) is 20.3 Å². The monoisotopic (exact) mass is 182 g/mol. The molecule has 1 aliphatic carbocycles. The Balaban J connectivity index is 2.21. The maximum absolute atomic E-state index is 7.25. The highest BCUT2D eigenvalue weighted by molar-refractivity contribution is 5.56. The van der Waals surface area contributed by atoms with Gasteiger partial charge in [-0.05, 0) is 43.9 Å². The fourth-order valence-electron chi connectivity index (χ4n) is 1.97. The van der Waals surface area contributed by atoms with E-state index in [2.05, 4.69) is 19.2 Å². The summed E-state index contributed by atoms with van der Waals surface area (Å²) in [6, 6.07) is 0.669. The molecular formula is C11H22N2. The van der Waals surface area contributed by atoms with Gasteiger partial charge in [0.15, 0.2) is 0 Å². The number of hydrogen-bond acceptors (Lipinski definition) is 2. The second-order valence-corrected chi connectivity index (χ2v) is 4.59. The highest BCUT2D eigenvalue weighted by atomic mass is 14.9. The van der Waals surface area contributed by atoms with Crippen molar-refractivity contribution >= 4 is 6.21 Å². The van der Waals surface area contributed by atoms with Crippen molar-refractivity contribution < 1.29 is 0 Å². The molecule has 0 saturated heterocycles. The molecule has 2 N–H and O–H groups in total. The Morgan fingerprint density at radius 2 is 2.23 bits per heavy atom. The first kappa shape index (κ1) is 10.7. The standard InChI is InChI=1S/C11H22N2/c1-9(2)8-13-11-5-3-4-10(6-11)7-12/h7,9-13H,3-6,8H2,1-2H3/t10-,11-/m0/s1.